The van der Waals surface area contributed by atoms with E-state index in [4.69, 9.17) is 25.2 Å². The van der Waals surface area contributed by atoms with Gasteiger partial charge in [0.2, 0.25) is 5.95 Å². The minimum absolute atomic E-state index is 0.227. The molecule has 0 unspecified atom stereocenters. The highest BCUT2D eigenvalue weighted by Gasteiger charge is 2.26. The van der Waals surface area contributed by atoms with Gasteiger partial charge in [-0.2, -0.15) is 0 Å². The van der Waals surface area contributed by atoms with Crippen LogP contribution in [0.4, 0.5) is 16.6 Å². The zero-order chi connectivity index (χ0) is 25.3. The van der Waals surface area contributed by atoms with E-state index < -0.39 is 5.60 Å². The van der Waals surface area contributed by atoms with E-state index in [1.807, 2.05) is 37.6 Å². The lowest BCUT2D eigenvalue weighted by atomic mass is 10.2. The molecule has 2 fully saturated rings. The maximum absolute atomic E-state index is 12.4. The van der Waals surface area contributed by atoms with E-state index in [2.05, 4.69) is 19.8 Å². The molecule has 0 aromatic carbocycles. The van der Waals surface area contributed by atoms with Crippen LogP contribution in [0.5, 0.6) is 0 Å². The van der Waals surface area contributed by atoms with Crippen LogP contribution in [-0.4, -0.2) is 98.3 Å². The number of nitrogens with two attached hydrogens (primary N) is 1. The number of rotatable bonds is 4. The Kier molecular flexibility index (Phi) is 6.63. The van der Waals surface area contributed by atoms with Gasteiger partial charge in [-0.15, -0.1) is 0 Å². The maximum Gasteiger partial charge on any atom is 0.410 e. The molecule has 3 aromatic rings. The van der Waals surface area contributed by atoms with Crippen molar-refractivity contribution in [2.45, 2.75) is 32.9 Å². The fourth-order valence-corrected chi connectivity index (χ4v) is 4.35. The van der Waals surface area contributed by atoms with E-state index in [-0.39, 0.29) is 12.0 Å². The van der Waals surface area contributed by atoms with Gasteiger partial charge in [-0.3, -0.25) is 4.90 Å². The molecule has 2 saturated heterocycles. The highest BCUT2D eigenvalue weighted by atomic mass is 16.6. The average molecular weight is 496 g/mol. The van der Waals surface area contributed by atoms with E-state index in [0.717, 1.165) is 54.6 Å². The van der Waals surface area contributed by atoms with Crippen LogP contribution in [0.3, 0.4) is 0 Å². The Morgan fingerprint density at radius 2 is 1.72 bits per heavy atom. The van der Waals surface area contributed by atoms with Crippen LogP contribution in [0.25, 0.3) is 16.9 Å². The summed E-state index contributed by atoms with van der Waals surface area (Å²) in [4.78, 5) is 36.8. The molecule has 2 aliphatic heterocycles. The number of carbonyl (C=O) groups is 1. The van der Waals surface area contributed by atoms with Crippen molar-refractivity contribution in [3.8, 4) is 11.3 Å². The molecular weight excluding hydrogens is 462 g/mol. The topological polar surface area (TPSA) is 127 Å². The first kappa shape index (κ1) is 24.2. The Morgan fingerprint density at radius 3 is 2.39 bits per heavy atom. The summed E-state index contributed by atoms with van der Waals surface area (Å²) in [5, 5.41) is 0. The summed E-state index contributed by atoms with van der Waals surface area (Å²) >= 11 is 0. The summed E-state index contributed by atoms with van der Waals surface area (Å²) in [6, 6.07) is 0. The molecule has 0 spiro atoms. The zero-order valence-corrected chi connectivity index (χ0v) is 21.1. The second-order valence-electron chi connectivity index (χ2n) is 10.1. The second-order valence-corrected chi connectivity index (χ2v) is 10.1. The van der Waals surface area contributed by atoms with Crippen molar-refractivity contribution in [2.75, 3.05) is 63.1 Å². The predicted octanol–water partition coefficient (Wildman–Crippen LogP) is 1.66. The predicted molar refractivity (Wildman–Crippen MR) is 135 cm³/mol. The molecule has 2 N–H and O–H groups in total. The molecule has 192 valence electrons. The van der Waals surface area contributed by atoms with E-state index >= 15 is 0 Å². The molecule has 0 atom stereocenters. The van der Waals surface area contributed by atoms with Gasteiger partial charge in [-0.05, 0) is 20.8 Å². The summed E-state index contributed by atoms with van der Waals surface area (Å²) in [7, 11) is 0. The third-order valence-corrected chi connectivity index (χ3v) is 6.16. The quantitative estimate of drug-likeness (QED) is 0.571. The molecule has 5 heterocycles. The van der Waals surface area contributed by atoms with E-state index in [0.29, 0.717) is 32.8 Å². The first-order chi connectivity index (χ1) is 17.2. The van der Waals surface area contributed by atoms with Gasteiger partial charge in [0.25, 0.3) is 0 Å². The Hall–Kier alpha value is -3.51. The molecule has 0 bridgehead atoms. The molecule has 0 radical (unpaired) electrons. The van der Waals surface area contributed by atoms with Crippen molar-refractivity contribution in [3.05, 3.63) is 30.5 Å². The highest BCUT2D eigenvalue weighted by molar-refractivity contribution is 5.70. The van der Waals surface area contributed by atoms with Crippen LogP contribution in [-0.2, 0) is 16.0 Å². The largest absolute Gasteiger partial charge is 0.444 e. The number of carbonyl (C=O) groups excluding carboxylic acids is 1. The smallest absolute Gasteiger partial charge is 0.410 e. The molecule has 12 heteroatoms. The maximum atomic E-state index is 12.4. The van der Waals surface area contributed by atoms with Crippen LogP contribution < -0.4 is 10.6 Å². The number of imidazole rings is 1. The van der Waals surface area contributed by atoms with E-state index in [9.17, 15) is 4.79 Å². The van der Waals surface area contributed by atoms with E-state index in [1.54, 1.807) is 17.3 Å². The van der Waals surface area contributed by atoms with Gasteiger partial charge in [0.15, 0.2) is 11.5 Å². The molecule has 12 nitrogen and oxygen atoms in total. The summed E-state index contributed by atoms with van der Waals surface area (Å²) in [6.07, 6.45) is 7.10. The van der Waals surface area contributed by atoms with Gasteiger partial charge >= 0.3 is 6.09 Å². The lowest BCUT2D eigenvalue weighted by Gasteiger charge is -2.35. The Labute approximate surface area is 210 Å². The molecular formula is C24H33N9O3. The van der Waals surface area contributed by atoms with Gasteiger partial charge in [-0.1, -0.05) is 0 Å². The normalized spacial score (nSPS) is 17.5. The van der Waals surface area contributed by atoms with Gasteiger partial charge in [0.1, 0.15) is 5.60 Å². The third-order valence-electron chi connectivity index (χ3n) is 6.16. The molecule has 3 aromatic heterocycles. The second kappa shape index (κ2) is 9.86. The standard InChI is InChI=1S/C24H33N9O3/c1-24(2,3)36-23(34)32-6-4-30(5-7-32)14-18-15-33-16-19(17-12-26-22(25)27-13-17)29-21(20(33)28-18)31-8-10-35-11-9-31/h12-13,15-16H,4-11,14H2,1-3H3,(H2,25,26,27). The Bertz CT molecular complexity index is 1210. The van der Waals surface area contributed by atoms with Gasteiger partial charge < -0.3 is 29.4 Å². The van der Waals surface area contributed by atoms with Crippen LogP contribution in [0, 0.1) is 0 Å². The number of morpholine rings is 1. The van der Waals surface area contributed by atoms with Crippen molar-refractivity contribution in [2.24, 2.45) is 0 Å². The molecule has 0 aliphatic carbocycles. The number of anilines is 2. The van der Waals surface area contributed by atoms with Crippen molar-refractivity contribution in [1.82, 2.24) is 34.1 Å². The SMILES string of the molecule is CC(C)(C)OC(=O)N1CCN(Cc2cn3cc(-c4cnc(N)nc4)nc(N4CCOCC4)c3n2)CC1. The average Bonchev–Trinajstić information content (AvgIpc) is 3.26. The number of nitrogens with zero attached hydrogens (tertiary/aromatic N) is 8. The first-order valence-electron chi connectivity index (χ1n) is 12.2. The number of hydrogen-bond donors (Lipinski definition) is 1. The van der Waals surface area contributed by atoms with Crippen LogP contribution >= 0.6 is 0 Å². The van der Waals surface area contributed by atoms with Gasteiger partial charge in [-0.25, -0.2) is 24.7 Å². The number of amides is 1. The van der Waals surface area contributed by atoms with Crippen LogP contribution in [0.1, 0.15) is 26.5 Å². The monoisotopic (exact) mass is 495 g/mol. The lowest BCUT2D eigenvalue weighted by molar-refractivity contribution is 0.0138. The molecule has 36 heavy (non-hydrogen) atoms. The number of nitrogen functional groups attached to an aromatic ring is 1. The summed E-state index contributed by atoms with van der Waals surface area (Å²) in [5.74, 6) is 1.04. The Balaban J connectivity index is 1.36. The summed E-state index contributed by atoms with van der Waals surface area (Å²) in [6.45, 7) is 11.9. The zero-order valence-electron chi connectivity index (χ0n) is 21.1. The van der Waals surface area contributed by atoms with Gasteiger partial charge in [0, 0.05) is 76.2 Å². The van der Waals surface area contributed by atoms with Gasteiger partial charge in [0.05, 0.1) is 24.6 Å². The number of ether oxygens (including phenoxy) is 2. The van der Waals surface area contributed by atoms with Crippen molar-refractivity contribution < 1.29 is 14.3 Å². The van der Waals surface area contributed by atoms with Crippen LogP contribution in [0.2, 0.25) is 0 Å². The number of piperazine rings is 1. The lowest BCUT2D eigenvalue weighted by Crippen LogP contribution is -2.49. The fourth-order valence-electron chi connectivity index (χ4n) is 4.35. The minimum atomic E-state index is -0.492. The summed E-state index contributed by atoms with van der Waals surface area (Å²) < 4.78 is 13.1. The number of hydrogen-bond acceptors (Lipinski definition) is 10. The van der Waals surface area contributed by atoms with Crippen molar-refractivity contribution in [3.63, 3.8) is 0 Å². The number of fused-ring (bicyclic) bond motifs is 1. The minimum Gasteiger partial charge on any atom is -0.444 e. The summed E-state index contributed by atoms with van der Waals surface area (Å²) in [5.41, 5.74) is 8.47. The molecule has 2 aliphatic rings. The van der Waals surface area contributed by atoms with Crippen LogP contribution in [0.15, 0.2) is 24.8 Å². The fraction of sp³-hybridized carbons (Fsp3) is 0.542. The van der Waals surface area contributed by atoms with Crippen molar-refractivity contribution in [1.29, 1.82) is 0 Å². The van der Waals surface area contributed by atoms with Crippen molar-refractivity contribution >= 4 is 23.5 Å². The third kappa shape index (κ3) is 5.49. The molecule has 1 amide bonds. The first-order valence-corrected chi connectivity index (χ1v) is 12.2. The molecule has 5 rings (SSSR count). The number of aromatic nitrogens is 5. The highest BCUT2D eigenvalue weighted by Crippen LogP contribution is 2.26. The Morgan fingerprint density at radius 1 is 1.03 bits per heavy atom. The molecule has 0 saturated carbocycles. The van der Waals surface area contributed by atoms with E-state index in [1.165, 1.54) is 0 Å².